The molecular weight excluding hydrogens is 377 g/mol. The van der Waals surface area contributed by atoms with Gasteiger partial charge in [-0.2, -0.15) is 0 Å². The topological polar surface area (TPSA) is 29.5 Å². The van der Waals surface area contributed by atoms with Crippen LogP contribution in [0.5, 0.6) is 5.75 Å². The molecule has 1 aliphatic rings. The van der Waals surface area contributed by atoms with E-state index in [1.54, 1.807) is 6.08 Å². The molecule has 2 aromatic carbocycles. The molecule has 1 heterocycles. The molecule has 21 heavy (non-hydrogen) atoms. The average molecular weight is 391 g/mol. The SMILES string of the molecule is CN(C)c1ccc(C=C2Oc3ccc(I)cc3C2=O)cc1. The van der Waals surface area contributed by atoms with E-state index >= 15 is 0 Å². The molecule has 4 heteroatoms. The van der Waals surface area contributed by atoms with Gasteiger partial charge < -0.3 is 9.64 Å². The first-order valence-corrected chi connectivity index (χ1v) is 7.63. The lowest BCUT2D eigenvalue weighted by Crippen LogP contribution is -2.08. The Morgan fingerprint density at radius 3 is 2.48 bits per heavy atom. The van der Waals surface area contributed by atoms with Crippen LogP contribution in [-0.2, 0) is 0 Å². The minimum absolute atomic E-state index is 0.0554. The molecular formula is C17H14INO2. The molecule has 0 saturated heterocycles. The van der Waals surface area contributed by atoms with Gasteiger partial charge in [0.25, 0.3) is 0 Å². The lowest BCUT2D eigenvalue weighted by Gasteiger charge is -2.11. The fourth-order valence-electron chi connectivity index (χ4n) is 2.18. The molecule has 3 rings (SSSR count). The zero-order valence-corrected chi connectivity index (χ0v) is 13.9. The Balaban J connectivity index is 1.90. The van der Waals surface area contributed by atoms with Crippen molar-refractivity contribution in [3.8, 4) is 5.75 Å². The highest BCUT2D eigenvalue weighted by Crippen LogP contribution is 2.32. The van der Waals surface area contributed by atoms with Crippen LogP contribution in [-0.4, -0.2) is 19.9 Å². The number of carbonyl (C=O) groups excluding carboxylic acids is 1. The number of benzene rings is 2. The highest BCUT2D eigenvalue weighted by Gasteiger charge is 2.27. The van der Waals surface area contributed by atoms with Crippen LogP contribution in [0.2, 0.25) is 0 Å². The third-order valence-corrected chi connectivity index (χ3v) is 4.01. The second-order valence-corrected chi connectivity index (χ2v) is 6.31. The average Bonchev–Trinajstić information content (AvgIpc) is 2.76. The third-order valence-electron chi connectivity index (χ3n) is 3.34. The zero-order valence-electron chi connectivity index (χ0n) is 11.8. The van der Waals surface area contributed by atoms with E-state index in [0.29, 0.717) is 17.1 Å². The summed E-state index contributed by atoms with van der Waals surface area (Å²) in [6.45, 7) is 0. The number of hydrogen-bond acceptors (Lipinski definition) is 3. The molecule has 0 aliphatic carbocycles. The van der Waals surface area contributed by atoms with Crippen molar-refractivity contribution in [2.45, 2.75) is 0 Å². The first-order chi connectivity index (χ1) is 10.0. The molecule has 0 fully saturated rings. The Hall–Kier alpha value is -1.82. The number of ether oxygens (including phenoxy) is 1. The van der Waals surface area contributed by atoms with Gasteiger partial charge in [0.05, 0.1) is 5.56 Å². The molecule has 0 atom stereocenters. The van der Waals surface area contributed by atoms with Crippen LogP contribution in [0, 0.1) is 3.57 Å². The largest absolute Gasteiger partial charge is 0.452 e. The number of rotatable bonds is 2. The summed E-state index contributed by atoms with van der Waals surface area (Å²) in [5.41, 5.74) is 2.71. The summed E-state index contributed by atoms with van der Waals surface area (Å²) in [5, 5.41) is 0. The number of nitrogens with zero attached hydrogens (tertiary/aromatic N) is 1. The van der Waals surface area contributed by atoms with Gasteiger partial charge in [0.1, 0.15) is 5.75 Å². The van der Waals surface area contributed by atoms with Gasteiger partial charge in [-0.1, -0.05) is 12.1 Å². The minimum Gasteiger partial charge on any atom is -0.452 e. The van der Waals surface area contributed by atoms with E-state index in [9.17, 15) is 4.79 Å². The van der Waals surface area contributed by atoms with Crippen molar-refractivity contribution in [3.05, 3.63) is 62.9 Å². The summed E-state index contributed by atoms with van der Waals surface area (Å²) in [6, 6.07) is 13.6. The lowest BCUT2D eigenvalue weighted by molar-refractivity contribution is 0.101. The van der Waals surface area contributed by atoms with Gasteiger partial charge in [-0.05, 0) is 64.6 Å². The Labute approximate surface area is 137 Å². The van der Waals surface area contributed by atoms with Crippen molar-refractivity contribution >= 4 is 40.1 Å². The maximum atomic E-state index is 12.3. The Kier molecular flexibility index (Phi) is 3.71. The van der Waals surface area contributed by atoms with Crippen molar-refractivity contribution in [2.24, 2.45) is 0 Å². The maximum Gasteiger partial charge on any atom is 0.232 e. The summed E-state index contributed by atoms with van der Waals surface area (Å²) in [5.74, 6) is 0.960. The maximum absolute atomic E-state index is 12.3. The zero-order chi connectivity index (χ0) is 15.0. The summed E-state index contributed by atoms with van der Waals surface area (Å²) in [7, 11) is 3.99. The van der Waals surface area contributed by atoms with Crippen molar-refractivity contribution in [1.82, 2.24) is 0 Å². The van der Waals surface area contributed by atoms with Gasteiger partial charge in [-0.3, -0.25) is 4.79 Å². The van der Waals surface area contributed by atoms with Crippen LogP contribution in [0.25, 0.3) is 6.08 Å². The van der Waals surface area contributed by atoms with Crippen molar-refractivity contribution in [1.29, 1.82) is 0 Å². The Morgan fingerprint density at radius 2 is 1.81 bits per heavy atom. The van der Waals surface area contributed by atoms with Gasteiger partial charge in [0, 0.05) is 23.4 Å². The van der Waals surface area contributed by atoms with Crippen LogP contribution in [0.3, 0.4) is 0 Å². The van der Waals surface area contributed by atoms with E-state index in [1.165, 1.54) is 0 Å². The Morgan fingerprint density at radius 1 is 1.10 bits per heavy atom. The van der Waals surface area contributed by atoms with Crippen LogP contribution in [0.1, 0.15) is 15.9 Å². The van der Waals surface area contributed by atoms with E-state index in [-0.39, 0.29) is 5.78 Å². The molecule has 0 N–H and O–H groups in total. The second kappa shape index (κ2) is 5.52. The molecule has 106 valence electrons. The number of fused-ring (bicyclic) bond motifs is 1. The van der Waals surface area contributed by atoms with Crippen LogP contribution >= 0.6 is 22.6 Å². The van der Waals surface area contributed by atoms with E-state index < -0.39 is 0 Å². The number of Topliss-reactive ketones (excluding diaryl/α,β-unsaturated/α-hetero) is 1. The first kappa shape index (κ1) is 14.1. The molecule has 0 unspecified atom stereocenters. The number of carbonyl (C=O) groups is 1. The van der Waals surface area contributed by atoms with Gasteiger partial charge in [0.15, 0.2) is 5.76 Å². The molecule has 0 spiro atoms. The second-order valence-electron chi connectivity index (χ2n) is 5.07. The summed E-state index contributed by atoms with van der Waals surface area (Å²) in [6.07, 6.45) is 1.79. The van der Waals surface area contributed by atoms with Gasteiger partial charge in [-0.25, -0.2) is 0 Å². The molecule has 0 bridgehead atoms. The number of hydrogen-bond donors (Lipinski definition) is 0. The number of ketones is 1. The monoisotopic (exact) mass is 391 g/mol. The van der Waals surface area contributed by atoms with E-state index in [0.717, 1.165) is 14.8 Å². The van der Waals surface area contributed by atoms with E-state index in [1.807, 2.05) is 61.5 Å². The first-order valence-electron chi connectivity index (χ1n) is 6.56. The standard InChI is InChI=1S/C17H14INO2/c1-19(2)13-6-3-11(4-7-13)9-16-17(20)14-10-12(18)5-8-15(14)21-16/h3-10H,1-2H3. The van der Waals surface area contributed by atoms with E-state index in [4.69, 9.17) is 4.74 Å². The molecule has 0 saturated carbocycles. The van der Waals surface area contributed by atoms with Gasteiger partial charge in [0.2, 0.25) is 5.78 Å². The van der Waals surface area contributed by atoms with Crippen LogP contribution in [0.4, 0.5) is 5.69 Å². The number of anilines is 1. The molecule has 0 radical (unpaired) electrons. The highest BCUT2D eigenvalue weighted by atomic mass is 127. The summed E-state index contributed by atoms with van der Waals surface area (Å²) >= 11 is 2.19. The van der Waals surface area contributed by atoms with Crippen LogP contribution < -0.4 is 9.64 Å². The molecule has 3 nitrogen and oxygen atoms in total. The van der Waals surface area contributed by atoms with Crippen LogP contribution in [0.15, 0.2) is 48.2 Å². The smallest absolute Gasteiger partial charge is 0.232 e. The number of halogens is 1. The predicted octanol–water partition coefficient (Wildman–Crippen LogP) is 3.97. The van der Waals surface area contributed by atoms with Crippen molar-refractivity contribution < 1.29 is 9.53 Å². The molecule has 0 aromatic heterocycles. The van der Waals surface area contributed by atoms with Crippen molar-refractivity contribution in [3.63, 3.8) is 0 Å². The molecule has 1 aliphatic heterocycles. The summed E-state index contributed by atoms with van der Waals surface area (Å²) in [4.78, 5) is 14.4. The highest BCUT2D eigenvalue weighted by molar-refractivity contribution is 14.1. The quantitative estimate of drug-likeness (QED) is 0.573. The fourth-order valence-corrected chi connectivity index (χ4v) is 2.67. The molecule has 2 aromatic rings. The van der Waals surface area contributed by atoms with Gasteiger partial charge in [-0.15, -0.1) is 0 Å². The van der Waals surface area contributed by atoms with Gasteiger partial charge >= 0.3 is 0 Å². The number of allylic oxidation sites excluding steroid dienone is 1. The fraction of sp³-hybridized carbons (Fsp3) is 0.118. The predicted molar refractivity (Wildman–Crippen MR) is 92.9 cm³/mol. The summed E-state index contributed by atoms with van der Waals surface area (Å²) < 4.78 is 6.68. The minimum atomic E-state index is -0.0554. The normalized spacial score (nSPS) is 15.0. The lowest BCUT2D eigenvalue weighted by atomic mass is 10.1. The van der Waals surface area contributed by atoms with E-state index in [2.05, 4.69) is 22.6 Å². The molecule has 0 amide bonds. The Bertz CT molecular complexity index is 733. The van der Waals surface area contributed by atoms with Crippen molar-refractivity contribution in [2.75, 3.05) is 19.0 Å². The third kappa shape index (κ3) is 2.81.